The number of aromatic nitrogens is 2. The molecule has 0 saturated carbocycles. The smallest absolute Gasteiger partial charge is 0.399 e. The Labute approximate surface area is 148 Å². The number of nitro groups is 1. The van der Waals surface area contributed by atoms with E-state index >= 15 is 0 Å². The quantitative estimate of drug-likeness (QED) is 0.430. The van der Waals surface area contributed by atoms with E-state index < -0.39 is 4.92 Å². The first-order valence-corrected chi connectivity index (χ1v) is 7.65. The number of hydrogen-bond donors (Lipinski definition) is 1. The van der Waals surface area contributed by atoms with E-state index in [2.05, 4.69) is 15.6 Å². The summed E-state index contributed by atoms with van der Waals surface area (Å²) < 4.78 is 6.85. The predicted molar refractivity (Wildman–Crippen MR) is 94.1 cm³/mol. The normalized spacial score (nSPS) is 11.0. The van der Waals surface area contributed by atoms with Crippen LogP contribution in [-0.4, -0.2) is 26.8 Å². The Kier molecular flexibility index (Phi) is 4.61. The molecule has 0 unspecified atom stereocenters. The SMILES string of the molecule is CC(=O)N/N=C/c1cn(-c2ccc(C)cc2)nc1-c1ccc([N+](=O)[O-])o1. The van der Waals surface area contributed by atoms with Crippen LogP contribution in [0.3, 0.4) is 0 Å². The molecule has 2 aromatic heterocycles. The van der Waals surface area contributed by atoms with Gasteiger partial charge in [0, 0.05) is 18.7 Å². The Morgan fingerprint density at radius 1 is 1.31 bits per heavy atom. The number of furan rings is 1. The highest BCUT2D eigenvalue weighted by Crippen LogP contribution is 2.27. The zero-order valence-corrected chi connectivity index (χ0v) is 14.0. The molecule has 0 bridgehead atoms. The van der Waals surface area contributed by atoms with Crippen molar-refractivity contribution in [2.24, 2.45) is 5.10 Å². The van der Waals surface area contributed by atoms with Gasteiger partial charge in [0.15, 0.2) is 5.76 Å². The van der Waals surface area contributed by atoms with Crippen LogP contribution in [0, 0.1) is 17.0 Å². The van der Waals surface area contributed by atoms with E-state index in [0.29, 0.717) is 11.3 Å². The van der Waals surface area contributed by atoms with Crippen molar-refractivity contribution in [2.75, 3.05) is 0 Å². The molecule has 2 heterocycles. The van der Waals surface area contributed by atoms with Crippen LogP contribution in [0.15, 0.2) is 52.1 Å². The number of carbonyl (C=O) groups is 1. The van der Waals surface area contributed by atoms with Crippen molar-refractivity contribution in [3.05, 3.63) is 63.8 Å². The van der Waals surface area contributed by atoms with Gasteiger partial charge in [-0.3, -0.25) is 14.9 Å². The number of hydrazone groups is 1. The van der Waals surface area contributed by atoms with Crippen LogP contribution in [0.1, 0.15) is 18.1 Å². The molecular formula is C17H15N5O4. The number of nitrogens with zero attached hydrogens (tertiary/aromatic N) is 4. The summed E-state index contributed by atoms with van der Waals surface area (Å²) >= 11 is 0. The van der Waals surface area contributed by atoms with Crippen molar-refractivity contribution in [2.45, 2.75) is 13.8 Å². The van der Waals surface area contributed by atoms with Crippen LogP contribution < -0.4 is 5.43 Å². The molecule has 0 aliphatic rings. The second-order valence-corrected chi connectivity index (χ2v) is 5.53. The molecule has 26 heavy (non-hydrogen) atoms. The summed E-state index contributed by atoms with van der Waals surface area (Å²) in [5.74, 6) is -0.469. The monoisotopic (exact) mass is 353 g/mol. The van der Waals surface area contributed by atoms with Crippen molar-refractivity contribution in [1.29, 1.82) is 0 Å². The topological polar surface area (TPSA) is 116 Å². The third kappa shape index (κ3) is 3.66. The predicted octanol–water partition coefficient (Wildman–Crippen LogP) is 2.82. The second-order valence-electron chi connectivity index (χ2n) is 5.53. The Morgan fingerprint density at radius 3 is 2.65 bits per heavy atom. The number of aryl methyl sites for hydroxylation is 1. The summed E-state index contributed by atoms with van der Waals surface area (Å²) in [6.07, 6.45) is 3.10. The van der Waals surface area contributed by atoms with Gasteiger partial charge in [-0.25, -0.2) is 10.1 Å². The van der Waals surface area contributed by atoms with Gasteiger partial charge in [0.05, 0.1) is 18.0 Å². The highest BCUT2D eigenvalue weighted by molar-refractivity contribution is 5.88. The van der Waals surface area contributed by atoms with Gasteiger partial charge >= 0.3 is 5.88 Å². The first-order valence-electron chi connectivity index (χ1n) is 7.65. The van der Waals surface area contributed by atoms with E-state index in [0.717, 1.165) is 11.3 Å². The molecule has 0 saturated heterocycles. The Bertz CT molecular complexity index is 985. The molecule has 0 aliphatic heterocycles. The lowest BCUT2D eigenvalue weighted by Gasteiger charge is -2.00. The maximum absolute atomic E-state index is 11.0. The van der Waals surface area contributed by atoms with Crippen molar-refractivity contribution < 1.29 is 14.1 Å². The summed E-state index contributed by atoms with van der Waals surface area (Å²) in [5, 5.41) is 19.1. The van der Waals surface area contributed by atoms with Gasteiger partial charge in [-0.05, 0) is 25.1 Å². The van der Waals surface area contributed by atoms with Gasteiger partial charge < -0.3 is 4.42 Å². The van der Waals surface area contributed by atoms with E-state index in [1.54, 1.807) is 10.9 Å². The fourth-order valence-corrected chi connectivity index (χ4v) is 2.25. The Morgan fingerprint density at radius 2 is 2.04 bits per heavy atom. The van der Waals surface area contributed by atoms with Crippen molar-refractivity contribution in [3.63, 3.8) is 0 Å². The number of hydrogen-bond acceptors (Lipinski definition) is 6. The van der Waals surface area contributed by atoms with Crippen LogP contribution in [0.2, 0.25) is 0 Å². The van der Waals surface area contributed by atoms with E-state index in [4.69, 9.17) is 4.42 Å². The minimum absolute atomic E-state index is 0.229. The molecule has 0 fully saturated rings. The summed E-state index contributed by atoms with van der Waals surface area (Å²) in [5.41, 5.74) is 5.12. The molecule has 1 amide bonds. The van der Waals surface area contributed by atoms with Crippen molar-refractivity contribution in [3.8, 4) is 17.1 Å². The van der Waals surface area contributed by atoms with E-state index in [-0.39, 0.29) is 17.6 Å². The van der Waals surface area contributed by atoms with Gasteiger partial charge in [-0.1, -0.05) is 17.7 Å². The molecule has 9 nitrogen and oxygen atoms in total. The molecule has 0 radical (unpaired) electrons. The van der Waals surface area contributed by atoms with Crippen molar-refractivity contribution >= 4 is 18.0 Å². The summed E-state index contributed by atoms with van der Waals surface area (Å²) in [4.78, 5) is 21.2. The Hall–Kier alpha value is -3.75. The number of amides is 1. The molecule has 132 valence electrons. The molecule has 1 aromatic carbocycles. The maximum Gasteiger partial charge on any atom is 0.433 e. The van der Waals surface area contributed by atoms with Crippen LogP contribution in [0.5, 0.6) is 0 Å². The maximum atomic E-state index is 11.0. The summed E-state index contributed by atoms with van der Waals surface area (Å²) in [7, 11) is 0. The summed E-state index contributed by atoms with van der Waals surface area (Å²) in [6.45, 7) is 3.32. The molecule has 9 heteroatoms. The van der Waals surface area contributed by atoms with Crippen LogP contribution >= 0.6 is 0 Å². The lowest BCUT2D eigenvalue weighted by Crippen LogP contribution is -2.12. The van der Waals surface area contributed by atoms with E-state index in [9.17, 15) is 14.9 Å². The van der Waals surface area contributed by atoms with Crippen molar-refractivity contribution in [1.82, 2.24) is 15.2 Å². The third-order valence-electron chi connectivity index (χ3n) is 3.47. The molecular weight excluding hydrogens is 338 g/mol. The molecule has 0 spiro atoms. The van der Waals surface area contributed by atoms with Gasteiger partial charge in [0.25, 0.3) is 0 Å². The number of benzene rings is 1. The standard InChI is InChI=1S/C17H15N5O4/c1-11-3-5-14(6-4-11)21-10-13(9-18-19-12(2)23)17(20-21)15-7-8-16(26-15)22(24)25/h3-10H,1-2H3,(H,19,23)/b18-9+. The number of nitrogens with one attached hydrogen (secondary N) is 1. The van der Waals surface area contributed by atoms with Gasteiger partial charge in [0.2, 0.25) is 5.91 Å². The first-order chi connectivity index (χ1) is 12.4. The molecule has 3 rings (SSSR count). The second kappa shape index (κ2) is 7.01. The van der Waals surface area contributed by atoms with Gasteiger partial charge in [-0.2, -0.15) is 10.2 Å². The zero-order valence-electron chi connectivity index (χ0n) is 14.0. The van der Waals surface area contributed by atoms with Crippen LogP contribution in [-0.2, 0) is 4.79 Å². The fraction of sp³-hybridized carbons (Fsp3) is 0.118. The third-order valence-corrected chi connectivity index (χ3v) is 3.47. The number of carbonyl (C=O) groups excluding carboxylic acids is 1. The van der Waals surface area contributed by atoms with E-state index in [1.807, 2.05) is 31.2 Å². The zero-order chi connectivity index (χ0) is 18.7. The largest absolute Gasteiger partial charge is 0.433 e. The molecule has 1 N–H and O–H groups in total. The molecule has 0 atom stereocenters. The minimum atomic E-state index is -0.620. The van der Waals surface area contributed by atoms with Crippen LogP contribution in [0.4, 0.5) is 5.88 Å². The first kappa shape index (κ1) is 17.1. The highest BCUT2D eigenvalue weighted by atomic mass is 16.6. The number of rotatable bonds is 5. The lowest BCUT2D eigenvalue weighted by atomic mass is 10.2. The van der Waals surface area contributed by atoms with Crippen LogP contribution in [0.25, 0.3) is 17.1 Å². The summed E-state index contributed by atoms with van der Waals surface area (Å²) in [6, 6.07) is 10.4. The van der Waals surface area contributed by atoms with Gasteiger partial charge in [-0.15, -0.1) is 0 Å². The molecule has 0 aliphatic carbocycles. The Balaban J connectivity index is 2.04. The lowest BCUT2D eigenvalue weighted by molar-refractivity contribution is -0.401. The van der Waals surface area contributed by atoms with E-state index in [1.165, 1.54) is 25.3 Å². The average Bonchev–Trinajstić information content (AvgIpc) is 3.22. The molecule has 3 aromatic rings. The minimum Gasteiger partial charge on any atom is -0.399 e. The highest BCUT2D eigenvalue weighted by Gasteiger charge is 2.18. The average molecular weight is 353 g/mol. The fourth-order valence-electron chi connectivity index (χ4n) is 2.25. The van der Waals surface area contributed by atoms with Gasteiger partial charge in [0.1, 0.15) is 10.6 Å².